The third kappa shape index (κ3) is 5.36. The fourth-order valence-electron chi connectivity index (χ4n) is 3.56. The minimum Gasteiger partial charge on any atom is -0.396 e. The molecule has 0 saturated carbocycles. The molecule has 1 N–H and O–H groups in total. The Morgan fingerprint density at radius 2 is 2.04 bits per heavy atom. The van der Waals surface area contributed by atoms with Crippen LogP contribution in [0, 0.1) is 5.92 Å². The molecule has 1 fully saturated rings. The highest BCUT2D eigenvalue weighted by Gasteiger charge is 2.26. The van der Waals surface area contributed by atoms with E-state index in [1.54, 1.807) is 11.3 Å². The average molecular weight is 374 g/mol. The van der Waals surface area contributed by atoms with Gasteiger partial charge < -0.3 is 5.11 Å². The summed E-state index contributed by atoms with van der Waals surface area (Å²) in [6, 6.07) is 10.9. The molecular formula is C21H31N3OS. The summed E-state index contributed by atoms with van der Waals surface area (Å²) < 4.78 is 0. The zero-order valence-corrected chi connectivity index (χ0v) is 16.8. The molecule has 142 valence electrons. The van der Waals surface area contributed by atoms with Gasteiger partial charge in [0.15, 0.2) is 0 Å². The monoisotopic (exact) mass is 373 g/mol. The van der Waals surface area contributed by atoms with Gasteiger partial charge in [0.05, 0.1) is 0 Å². The number of nitrogens with zero attached hydrogens (tertiary/aromatic N) is 3. The molecule has 1 saturated heterocycles. The highest BCUT2D eigenvalue weighted by molar-refractivity contribution is 7.15. The molecule has 1 aliphatic rings. The molecule has 0 aliphatic carbocycles. The van der Waals surface area contributed by atoms with E-state index in [2.05, 4.69) is 52.9 Å². The van der Waals surface area contributed by atoms with Crippen molar-refractivity contribution in [2.24, 2.45) is 5.92 Å². The summed E-state index contributed by atoms with van der Waals surface area (Å²) in [7, 11) is 0. The van der Waals surface area contributed by atoms with Crippen molar-refractivity contribution in [1.29, 1.82) is 0 Å². The fourth-order valence-corrected chi connectivity index (χ4v) is 4.52. The van der Waals surface area contributed by atoms with Gasteiger partial charge in [0, 0.05) is 55.5 Å². The van der Waals surface area contributed by atoms with Crippen LogP contribution in [-0.4, -0.2) is 58.7 Å². The van der Waals surface area contributed by atoms with Gasteiger partial charge in [-0.2, -0.15) is 0 Å². The maximum absolute atomic E-state index is 9.47. The van der Waals surface area contributed by atoms with E-state index >= 15 is 0 Å². The lowest BCUT2D eigenvalue weighted by Crippen LogP contribution is -2.53. The SMILES string of the molecule is CC(C)CCN1CCN(Cc2cnc(-c3ccccc3)s2)C[C@@H]1CCO. The van der Waals surface area contributed by atoms with E-state index in [-0.39, 0.29) is 6.61 Å². The molecule has 0 bridgehead atoms. The first-order chi connectivity index (χ1) is 12.7. The van der Waals surface area contributed by atoms with E-state index in [9.17, 15) is 5.11 Å². The zero-order chi connectivity index (χ0) is 18.4. The van der Waals surface area contributed by atoms with Crippen LogP contribution < -0.4 is 0 Å². The first-order valence-corrected chi connectivity index (χ1v) is 10.5. The van der Waals surface area contributed by atoms with Gasteiger partial charge in [-0.05, 0) is 25.3 Å². The van der Waals surface area contributed by atoms with Crippen LogP contribution in [0.3, 0.4) is 0 Å². The molecule has 0 spiro atoms. The van der Waals surface area contributed by atoms with Crippen molar-refractivity contribution in [2.45, 2.75) is 39.3 Å². The normalized spacial score (nSPS) is 19.3. The number of piperazine rings is 1. The lowest BCUT2D eigenvalue weighted by Gasteiger charge is -2.41. The number of hydrogen-bond donors (Lipinski definition) is 1. The van der Waals surface area contributed by atoms with E-state index in [1.807, 2.05) is 12.3 Å². The number of aliphatic hydroxyl groups excluding tert-OH is 1. The Morgan fingerprint density at radius 1 is 1.23 bits per heavy atom. The molecule has 2 heterocycles. The lowest BCUT2D eigenvalue weighted by atomic mass is 10.1. The van der Waals surface area contributed by atoms with Crippen LogP contribution in [0.1, 0.15) is 31.6 Å². The van der Waals surface area contributed by atoms with Crippen LogP contribution in [-0.2, 0) is 6.54 Å². The van der Waals surface area contributed by atoms with E-state index in [0.29, 0.717) is 6.04 Å². The van der Waals surface area contributed by atoms with Gasteiger partial charge >= 0.3 is 0 Å². The standard InChI is InChI=1S/C21H31N3OS/c1-17(2)8-10-24-12-11-23(15-19(24)9-13-25)16-20-14-22-21(26-20)18-6-4-3-5-7-18/h3-7,14,17,19,25H,8-13,15-16H2,1-2H3/t19-/m0/s1. The third-order valence-electron chi connectivity index (χ3n) is 5.10. The predicted molar refractivity (Wildman–Crippen MR) is 109 cm³/mol. The third-order valence-corrected chi connectivity index (χ3v) is 6.13. The minimum absolute atomic E-state index is 0.273. The average Bonchev–Trinajstić information content (AvgIpc) is 3.10. The lowest BCUT2D eigenvalue weighted by molar-refractivity contribution is 0.0528. The predicted octanol–water partition coefficient (Wildman–Crippen LogP) is 3.72. The van der Waals surface area contributed by atoms with E-state index < -0.39 is 0 Å². The van der Waals surface area contributed by atoms with Gasteiger partial charge in [0.1, 0.15) is 5.01 Å². The number of hydrogen-bond acceptors (Lipinski definition) is 5. The molecule has 1 atom stereocenters. The molecule has 26 heavy (non-hydrogen) atoms. The van der Waals surface area contributed by atoms with Crippen LogP contribution in [0.5, 0.6) is 0 Å². The van der Waals surface area contributed by atoms with Crippen molar-refractivity contribution in [2.75, 3.05) is 32.8 Å². The van der Waals surface area contributed by atoms with Gasteiger partial charge in [0.25, 0.3) is 0 Å². The molecule has 0 amide bonds. The topological polar surface area (TPSA) is 39.6 Å². The van der Waals surface area contributed by atoms with E-state index in [1.165, 1.54) is 16.9 Å². The van der Waals surface area contributed by atoms with Gasteiger partial charge in [-0.15, -0.1) is 11.3 Å². The Hall–Kier alpha value is -1.27. The summed E-state index contributed by atoms with van der Waals surface area (Å²) >= 11 is 1.79. The van der Waals surface area contributed by atoms with Crippen molar-refractivity contribution >= 4 is 11.3 Å². The Kier molecular flexibility index (Phi) is 7.20. The Balaban J connectivity index is 1.58. The molecular weight excluding hydrogens is 342 g/mol. The van der Waals surface area contributed by atoms with Crippen LogP contribution in [0.15, 0.2) is 36.5 Å². The number of benzene rings is 1. The molecule has 1 aromatic heterocycles. The van der Waals surface area contributed by atoms with Gasteiger partial charge in [-0.25, -0.2) is 4.98 Å². The summed E-state index contributed by atoms with van der Waals surface area (Å²) in [6.45, 7) is 10.2. The second-order valence-corrected chi connectivity index (χ2v) is 8.73. The maximum atomic E-state index is 9.47. The van der Waals surface area contributed by atoms with Crippen molar-refractivity contribution in [3.63, 3.8) is 0 Å². The van der Waals surface area contributed by atoms with Crippen LogP contribution in [0.4, 0.5) is 0 Å². The Bertz CT molecular complexity index is 658. The maximum Gasteiger partial charge on any atom is 0.123 e. The van der Waals surface area contributed by atoms with Crippen molar-refractivity contribution in [3.8, 4) is 10.6 Å². The highest BCUT2D eigenvalue weighted by atomic mass is 32.1. The summed E-state index contributed by atoms with van der Waals surface area (Å²) in [6.07, 6.45) is 4.13. The molecule has 0 unspecified atom stereocenters. The molecule has 5 heteroatoms. The number of aromatic nitrogens is 1. The Labute approximate surface area is 161 Å². The molecule has 3 rings (SSSR count). The Morgan fingerprint density at radius 3 is 2.77 bits per heavy atom. The number of thiazole rings is 1. The first-order valence-electron chi connectivity index (χ1n) is 9.73. The smallest absolute Gasteiger partial charge is 0.123 e. The molecule has 1 aliphatic heterocycles. The fraction of sp³-hybridized carbons (Fsp3) is 0.571. The van der Waals surface area contributed by atoms with Crippen molar-refractivity contribution < 1.29 is 5.11 Å². The van der Waals surface area contributed by atoms with E-state index in [4.69, 9.17) is 0 Å². The van der Waals surface area contributed by atoms with Gasteiger partial charge in [-0.1, -0.05) is 44.2 Å². The first kappa shape index (κ1) is 19.5. The quantitative estimate of drug-likeness (QED) is 0.765. The second kappa shape index (κ2) is 9.60. The molecule has 2 aromatic rings. The van der Waals surface area contributed by atoms with Crippen LogP contribution >= 0.6 is 11.3 Å². The second-order valence-electron chi connectivity index (χ2n) is 7.62. The van der Waals surface area contributed by atoms with Crippen molar-refractivity contribution in [1.82, 2.24) is 14.8 Å². The molecule has 0 radical (unpaired) electrons. The summed E-state index contributed by atoms with van der Waals surface area (Å²) in [5.41, 5.74) is 1.19. The van der Waals surface area contributed by atoms with E-state index in [0.717, 1.165) is 50.1 Å². The number of rotatable bonds is 8. The van der Waals surface area contributed by atoms with Crippen LogP contribution in [0.25, 0.3) is 10.6 Å². The minimum atomic E-state index is 0.273. The van der Waals surface area contributed by atoms with Crippen LogP contribution in [0.2, 0.25) is 0 Å². The zero-order valence-electron chi connectivity index (χ0n) is 16.0. The molecule has 4 nitrogen and oxygen atoms in total. The van der Waals surface area contributed by atoms with Gasteiger partial charge in [0.2, 0.25) is 0 Å². The van der Waals surface area contributed by atoms with Crippen molar-refractivity contribution in [3.05, 3.63) is 41.4 Å². The molecule has 1 aromatic carbocycles. The largest absolute Gasteiger partial charge is 0.396 e. The summed E-state index contributed by atoms with van der Waals surface area (Å²) in [5, 5.41) is 10.6. The van der Waals surface area contributed by atoms with Gasteiger partial charge in [-0.3, -0.25) is 9.80 Å². The summed E-state index contributed by atoms with van der Waals surface area (Å²) in [4.78, 5) is 11.0. The number of aliphatic hydroxyl groups is 1. The summed E-state index contributed by atoms with van der Waals surface area (Å²) in [5.74, 6) is 0.733. The highest BCUT2D eigenvalue weighted by Crippen LogP contribution is 2.26.